The van der Waals surface area contributed by atoms with Crippen molar-refractivity contribution in [2.24, 2.45) is 10.9 Å². The highest BCUT2D eigenvalue weighted by Gasteiger charge is 2.36. The quantitative estimate of drug-likeness (QED) is 0.209. The van der Waals surface area contributed by atoms with Gasteiger partial charge in [0, 0.05) is 44.7 Å². The van der Waals surface area contributed by atoms with Gasteiger partial charge in [-0.1, -0.05) is 18.9 Å². The molecule has 0 radical (unpaired) electrons. The van der Waals surface area contributed by atoms with Gasteiger partial charge in [-0.15, -0.1) is 24.0 Å². The zero-order valence-electron chi connectivity index (χ0n) is 19.2. The van der Waals surface area contributed by atoms with E-state index in [1.807, 2.05) is 7.05 Å². The largest absolute Gasteiger partial charge is 0.486 e. The van der Waals surface area contributed by atoms with Crippen LogP contribution < -0.4 is 20.1 Å². The van der Waals surface area contributed by atoms with Crippen LogP contribution in [0.25, 0.3) is 0 Å². The van der Waals surface area contributed by atoms with Gasteiger partial charge in [-0.25, -0.2) is 0 Å². The molecule has 180 valence electrons. The van der Waals surface area contributed by atoms with E-state index in [1.165, 1.54) is 31.2 Å². The lowest BCUT2D eigenvalue weighted by atomic mass is 9.78. The van der Waals surface area contributed by atoms with Gasteiger partial charge in [0.25, 0.3) is 0 Å². The van der Waals surface area contributed by atoms with Crippen LogP contribution in [0.2, 0.25) is 0 Å². The fourth-order valence-corrected chi connectivity index (χ4v) is 4.81. The van der Waals surface area contributed by atoms with Gasteiger partial charge in [0.2, 0.25) is 0 Å². The fraction of sp³-hybridized carbons (Fsp3) is 0.708. The van der Waals surface area contributed by atoms with Crippen molar-refractivity contribution < 1.29 is 18.9 Å². The van der Waals surface area contributed by atoms with Crippen molar-refractivity contribution in [1.29, 1.82) is 0 Å². The van der Waals surface area contributed by atoms with Crippen LogP contribution >= 0.6 is 24.0 Å². The molecule has 2 heterocycles. The van der Waals surface area contributed by atoms with E-state index in [9.17, 15) is 0 Å². The first-order valence-corrected chi connectivity index (χ1v) is 11.8. The lowest BCUT2D eigenvalue weighted by molar-refractivity contribution is 0.0888. The number of hydrogen-bond donors (Lipinski definition) is 2. The maximum absolute atomic E-state index is 5.83. The fourth-order valence-electron chi connectivity index (χ4n) is 4.81. The number of nitrogens with one attached hydrogen (secondary N) is 2. The lowest BCUT2D eigenvalue weighted by Gasteiger charge is -2.32. The number of hydrogen-bond acceptors (Lipinski definition) is 5. The van der Waals surface area contributed by atoms with Crippen molar-refractivity contribution in [3.8, 4) is 11.5 Å². The Kier molecular flexibility index (Phi) is 10.2. The van der Waals surface area contributed by atoms with Crippen molar-refractivity contribution in [2.75, 3.05) is 59.8 Å². The zero-order valence-corrected chi connectivity index (χ0v) is 21.5. The molecule has 0 bridgehead atoms. The number of nitrogens with zero attached hydrogens (tertiary/aromatic N) is 1. The summed E-state index contributed by atoms with van der Waals surface area (Å²) < 4.78 is 22.7. The Morgan fingerprint density at radius 1 is 1.12 bits per heavy atom. The molecule has 1 atom stereocenters. The van der Waals surface area contributed by atoms with Crippen LogP contribution in [-0.2, 0) is 14.9 Å². The molecule has 0 aromatic heterocycles. The second-order valence-corrected chi connectivity index (χ2v) is 8.86. The monoisotopic (exact) mass is 559 g/mol. The van der Waals surface area contributed by atoms with Gasteiger partial charge in [-0.05, 0) is 43.4 Å². The summed E-state index contributed by atoms with van der Waals surface area (Å²) in [5.74, 6) is 3.16. The Hall–Kier alpha value is -1.26. The molecule has 1 aliphatic carbocycles. The van der Waals surface area contributed by atoms with Gasteiger partial charge >= 0.3 is 0 Å². The van der Waals surface area contributed by atoms with E-state index in [0.717, 1.165) is 69.8 Å². The maximum Gasteiger partial charge on any atom is 0.191 e. The molecule has 3 aliphatic rings. The molecule has 1 unspecified atom stereocenters. The Balaban J connectivity index is 0.00000289. The van der Waals surface area contributed by atoms with Gasteiger partial charge < -0.3 is 29.6 Å². The number of ether oxygens (including phenoxy) is 4. The highest BCUT2D eigenvalue weighted by atomic mass is 127. The second-order valence-electron chi connectivity index (χ2n) is 8.86. The third kappa shape index (κ3) is 6.63. The molecule has 1 aromatic carbocycles. The van der Waals surface area contributed by atoms with E-state index >= 15 is 0 Å². The van der Waals surface area contributed by atoms with Crippen molar-refractivity contribution in [3.63, 3.8) is 0 Å². The molecular weight excluding hydrogens is 521 g/mol. The zero-order chi connectivity index (χ0) is 21.4. The van der Waals surface area contributed by atoms with Crippen LogP contribution in [-0.4, -0.2) is 65.7 Å². The smallest absolute Gasteiger partial charge is 0.191 e. The van der Waals surface area contributed by atoms with E-state index in [1.54, 1.807) is 0 Å². The Labute approximate surface area is 209 Å². The first-order chi connectivity index (χ1) is 15.3. The molecule has 2 N–H and O–H groups in total. The topological polar surface area (TPSA) is 73.3 Å². The first kappa shape index (κ1) is 25.4. The third-order valence-electron chi connectivity index (χ3n) is 6.67. The summed E-state index contributed by atoms with van der Waals surface area (Å²) in [7, 11) is 1.83. The molecule has 1 aromatic rings. The summed E-state index contributed by atoms with van der Waals surface area (Å²) in [6.45, 7) is 6.26. The average molecular weight is 559 g/mol. The van der Waals surface area contributed by atoms with Gasteiger partial charge in [-0.3, -0.25) is 4.99 Å². The summed E-state index contributed by atoms with van der Waals surface area (Å²) in [6.07, 6.45) is 6.95. The molecule has 2 fully saturated rings. The van der Waals surface area contributed by atoms with Gasteiger partial charge in [-0.2, -0.15) is 0 Å². The number of fused-ring (bicyclic) bond motifs is 1. The Morgan fingerprint density at radius 3 is 2.69 bits per heavy atom. The van der Waals surface area contributed by atoms with E-state index in [-0.39, 0.29) is 29.4 Å². The standard InChI is InChI=1S/C24H37N3O4.HI/c1-25-23(26-10-4-11-28-16-19-7-12-29-17-19)27-18-24(8-2-3-9-24)20-5-6-21-22(15-20)31-14-13-30-21;/h5-6,15,19H,2-4,7-14,16-18H2,1H3,(H2,25,26,27);1H. The van der Waals surface area contributed by atoms with Crippen LogP contribution in [0.3, 0.4) is 0 Å². The third-order valence-corrected chi connectivity index (χ3v) is 6.67. The SMILES string of the molecule is CN=C(NCCCOCC1CCOC1)NCC1(c2ccc3c(c2)OCCO3)CCCC1.I. The normalized spacial score (nSPS) is 21.8. The second kappa shape index (κ2) is 12.8. The van der Waals surface area contributed by atoms with Gasteiger partial charge in [0.15, 0.2) is 17.5 Å². The summed E-state index contributed by atoms with van der Waals surface area (Å²) >= 11 is 0. The molecule has 0 spiro atoms. The van der Waals surface area contributed by atoms with E-state index in [2.05, 4.69) is 33.8 Å². The molecule has 7 nitrogen and oxygen atoms in total. The summed E-state index contributed by atoms with van der Waals surface area (Å²) in [6, 6.07) is 6.46. The van der Waals surface area contributed by atoms with E-state index < -0.39 is 0 Å². The molecule has 1 saturated heterocycles. The molecule has 8 heteroatoms. The van der Waals surface area contributed by atoms with Crippen LogP contribution in [0.15, 0.2) is 23.2 Å². The van der Waals surface area contributed by atoms with E-state index in [0.29, 0.717) is 19.1 Å². The minimum Gasteiger partial charge on any atom is -0.486 e. The molecule has 1 saturated carbocycles. The Morgan fingerprint density at radius 2 is 1.94 bits per heavy atom. The lowest BCUT2D eigenvalue weighted by Crippen LogP contribution is -2.45. The molecular formula is C24H38IN3O4. The average Bonchev–Trinajstić information content (AvgIpc) is 3.51. The molecule has 2 aliphatic heterocycles. The number of benzene rings is 1. The summed E-state index contributed by atoms with van der Waals surface area (Å²) in [5.41, 5.74) is 1.45. The van der Waals surface area contributed by atoms with Crippen molar-refractivity contribution in [3.05, 3.63) is 23.8 Å². The number of aliphatic imine (C=N–C) groups is 1. The molecule has 0 amide bonds. The van der Waals surface area contributed by atoms with Crippen LogP contribution in [0.4, 0.5) is 0 Å². The summed E-state index contributed by atoms with van der Waals surface area (Å²) in [4.78, 5) is 4.42. The minimum absolute atomic E-state index is 0. The minimum atomic E-state index is 0. The van der Waals surface area contributed by atoms with Crippen molar-refractivity contribution in [1.82, 2.24) is 10.6 Å². The first-order valence-electron chi connectivity index (χ1n) is 11.8. The molecule has 32 heavy (non-hydrogen) atoms. The number of halogens is 1. The predicted molar refractivity (Wildman–Crippen MR) is 137 cm³/mol. The summed E-state index contributed by atoms with van der Waals surface area (Å²) in [5, 5.41) is 7.01. The van der Waals surface area contributed by atoms with Gasteiger partial charge in [0.1, 0.15) is 13.2 Å². The van der Waals surface area contributed by atoms with Crippen molar-refractivity contribution >= 4 is 29.9 Å². The van der Waals surface area contributed by atoms with Crippen LogP contribution in [0.5, 0.6) is 11.5 Å². The van der Waals surface area contributed by atoms with Crippen LogP contribution in [0.1, 0.15) is 44.1 Å². The molecule has 4 rings (SSSR count). The van der Waals surface area contributed by atoms with Crippen molar-refractivity contribution in [2.45, 2.75) is 43.9 Å². The number of rotatable bonds is 9. The van der Waals surface area contributed by atoms with Gasteiger partial charge in [0.05, 0.1) is 13.2 Å². The maximum atomic E-state index is 5.83. The highest BCUT2D eigenvalue weighted by molar-refractivity contribution is 14.0. The Bertz CT molecular complexity index is 734. The van der Waals surface area contributed by atoms with Crippen LogP contribution in [0, 0.1) is 5.92 Å². The highest BCUT2D eigenvalue weighted by Crippen LogP contribution is 2.43. The van der Waals surface area contributed by atoms with E-state index in [4.69, 9.17) is 18.9 Å². The predicted octanol–water partition coefficient (Wildman–Crippen LogP) is 3.50. The number of guanidine groups is 1.